The summed E-state index contributed by atoms with van der Waals surface area (Å²) >= 11 is 0. The fourth-order valence-electron chi connectivity index (χ4n) is 2.36. The second-order valence-corrected chi connectivity index (χ2v) is 5.42. The van der Waals surface area contributed by atoms with E-state index in [-0.39, 0.29) is 49.0 Å². The number of anilines is 1. The maximum absolute atomic E-state index is 13.8. The van der Waals surface area contributed by atoms with Crippen molar-refractivity contribution in [2.45, 2.75) is 26.2 Å². The van der Waals surface area contributed by atoms with Crippen LogP contribution >= 0.6 is 0 Å². The smallest absolute Gasteiger partial charge is 0.251 e. The van der Waals surface area contributed by atoms with E-state index in [1.807, 2.05) is 0 Å². The van der Waals surface area contributed by atoms with Crippen LogP contribution in [0.2, 0.25) is 0 Å². The Bertz CT molecular complexity index is 674. The summed E-state index contributed by atoms with van der Waals surface area (Å²) in [7, 11) is 0. The normalized spacial score (nSPS) is 14.0. The molecular weight excluding hydrogens is 317 g/mol. The van der Waals surface area contributed by atoms with Gasteiger partial charge in [0.05, 0.1) is 5.69 Å². The van der Waals surface area contributed by atoms with Gasteiger partial charge in [-0.15, -0.1) is 0 Å². The van der Waals surface area contributed by atoms with Gasteiger partial charge in [-0.1, -0.05) is 0 Å². The number of benzene rings is 1. The highest BCUT2D eigenvalue weighted by molar-refractivity contribution is 6.01. The molecule has 128 valence electrons. The average Bonchev–Trinajstić information content (AvgIpc) is 2.84. The number of nitrogens with zero attached hydrogens (tertiary/aromatic N) is 1. The van der Waals surface area contributed by atoms with E-state index in [1.165, 1.54) is 24.0 Å². The van der Waals surface area contributed by atoms with Gasteiger partial charge in [-0.2, -0.15) is 0 Å². The van der Waals surface area contributed by atoms with Gasteiger partial charge in [0, 0.05) is 38.4 Å². The molecule has 4 amide bonds. The number of imide groups is 1. The number of hydrogen-bond donors (Lipinski definition) is 2. The Balaban J connectivity index is 1.82. The highest BCUT2D eigenvalue weighted by Gasteiger charge is 2.27. The van der Waals surface area contributed by atoms with Gasteiger partial charge in [-0.05, 0) is 24.6 Å². The van der Waals surface area contributed by atoms with Crippen molar-refractivity contribution in [2.24, 2.45) is 0 Å². The van der Waals surface area contributed by atoms with Crippen LogP contribution in [0.15, 0.2) is 18.2 Å². The first kappa shape index (κ1) is 17.6. The van der Waals surface area contributed by atoms with Crippen molar-refractivity contribution >= 4 is 29.3 Å². The molecule has 0 aromatic heterocycles. The van der Waals surface area contributed by atoms with E-state index in [2.05, 4.69) is 10.6 Å². The topological polar surface area (TPSA) is 95.6 Å². The summed E-state index contributed by atoms with van der Waals surface area (Å²) in [6.07, 6.45) is 0.909. The van der Waals surface area contributed by atoms with Gasteiger partial charge in [0.25, 0.3) is 5.91 Å². The van der Waals surface area contributed by atoms with Gasteiger partial charge in [-0.25, -0.2) is 4.39 Å². The molecule has 2 N–H and O–H groups in total. The van der Waals surface area contributed by atoms with Crippen LogP contribution in [0.1, 0.15) is 36.5 Å². The van der Waals surface area contributed by atoms with Crippen LogP contribution < -0.4 is 10.6 Å². The van der Waals surface area contributed by atoms with Crippen LogP contribution in [-0.2, 0) is 14.4 Å². The molecule has 0 aliphatic carbocycles. The van der Waals surface area contributed by atoms with Gasteiger partial charge >= 0.3 is 0 Å². The first-order valence-electron chi connectivity index (χ1n) is 7.57. The molecular formula is C16H18FN3O4. The average molecular weight is 335 g/mol. The number of carbonyl (C=O) groups is 4. The van der Waals surface area contributed by atoms with E-state index in [0.29, 0.717) is 6.42 Å². The van der Waals surface area contributed by atoms with Crippen molar-refractivity contribution in [3.63, 3.8) is 0 Å². The molecule has 1 saturated heterocycles. The van der Waals surface area contributed by atoms with E-state index in [0.717, 1.165) is 6.07 Å². The predicted octanol–water partition coefficient (Wildman–Crippen LogP) is 1.05. The summed E-state index contributed by atoms with van der Waals surface area (Å²) in [5.74, 6) is -1.96. The third-order valence-electron chi connectivity index (χ3n) is 3.54. The van der Waals surface area contributed by atoms with Gasteiger partial charge in [0.2, 0.25) is 17.7 Å². The number of hydrogen-bond acceptors (Lipinski definition) is 4. The Hall–Kier alpha value is -2.77. The van der Waals surface area contributed by atoms with Crippen molar-refractivity contribution in [1.82, 2.24) is 10.2 Å². The third kappa shape index (κ3) is 4.37. The van der Waals surface area contributed by atoms with Crippen molar-refractivity contribution in [3.05, 3.63) is 29.6 Å². The molecule has 7 nitrogen and oxygen atoms in total. The molecule has 1 aromatic carbocycles. The third-order valence-corrected chi connectivity index (χ3v) is 3.54. The minimum absolute atomic E-state index is 0.00473. The number of halogens is 1. The Morgan fingerprint density at radius 1 is 1.21 bits per heavy atom. The molecule has 0 spiro atoms. The second kappa shape index (κ2) is 7.67. The molecule has 1 heterocycles. The molecule has 1 aliphatic heterocycles. The molecule has 1 fully saturated rings. The Morgan fingerprint density at radius 2 is 1.88 bits per heavy atom. The molecule has 8 heteroatoms. The van der Waals surface area contributed by atoms with Crippen molar-refractivity contribution in [1.29, 1.82) is 0 Å². The Kier molecular flexibility index (Phi) is 5.62. The van der Waals surface area contributed by atoms with Crippen LogP contribution in [0.4, 0.5) is 10.1 Å². The first-order valence-corrected chi connectivity index (χ1v) is 7.57. The molecule has 0 bridgehead atoms. The standard InChI is InChI=1S/C16H18FN3O4/c1-10(21)19-13-4-3-11(9-12(13)17)16(24)18-7-2-8-20-14(22)5-6-15(20)23/h3-4,9H,2,5-8H2,1H3,(H,18,24)(H,19,21). The first-order chi connectivity index (χ1) is 11.4. The van der Waals surface area contributed by atoms with Crippen LogP contribution in [0.25, 0.3) is 0 Å². The summed E-state index contributed by atoms with van der Waals surface area (Å²) in [5.41, 5.74) is 0.125. The van der Waals surface area contributed by atoms with Gasteiger partial charge in [-0.3, -0.25) is 24.1 Å². The molecule has 0 radical (unpaired) electrons. The molecule has 2 rings (SSSR count). The number of nitrogens with one attached hydrogen (secondary N) is 2. The Morgan fingerprint density at radius 3 is 2.46 bits per heavy atom. The van der Waals surface area contributed by atoms with E-state index >= 15 is 0 Å². The van der Waals surface area contributed by atoms with E-state index < -0.39 is 17.6 Å². The fourth-order valence-corrected chi connectivity index (χ4v) is 2.36. The van der Waals surface area contributed by atoms with Gasteiger partial charge in [0.1, 0.15) is 5.82 Å². The predicted molar refractivity (Wildman–Crippen MR) is 83.6 cm³/mol. The van der Waals surface area contributed by atoms with Crippen LogP contribution in [-0.4, -0.2) is 41.6 Å². The highest BCUT2D eigenvalue weighted by atomic mass is 19.1. The molecule has 0 saturated carbocycles. The van der Waals surface area contributed by atoms with Crippen LogP contribution in [0.3, 0.4) is 0 Å². The Labute approximate surface area is 138 Å². The molecule has 24 heavy (non-hydrogen) atoms. The maximum Gasteiger partial charge on any atom is 0.251 e. The monoisotopic (exact) mass is 335 g/mol. The molecule has 0 unspecified atom stereocenters. The summed E-state index contributed by atoms with van der Waals surface area (Å²) in [6.45, 7) is 1.77. The summed E-state index contributed by atoms with van der Waals surface area (Å²) in [5, 5.41) is 4.91. The SMILES string of the molecule is CC(=O)Nc1ccc(C(=O)NCCCN2C(=O)CCC2=O)cc1F. The minimum Gasteiger partial charge on any atom is -0.352 e. The molecule has 1 aromatic rings. The van der Waals surface area contributed by atoms with E-state index in [1.54, 1.807) is 0 Å². The lowest BCUT2D eigenvalue weighted by Gasteiger charge is -2.13. The number of rotatable bonds is 6. The fraction of sp³-hybridized carbons (Fsp3) is 0.375. The summed E-state index contributed by atoms with van der Waals surface area (Å²) < 4.78 is 13.8. The lowest BCUT2D eigenvalue weighted by Crippen LogP contribution is -2.33. The van der Waals surface area contributed by atoms with Gasteiger partial charge in [0.15, 0.2) is 0 Å². The zero-order valence-corrected chi connectivity index (χ0v) is 13.2. The minimum atomic E-state index is -0.703. The second-order valence-electron chi connectivity index (χ2n) is 5.42. The van der Waals surface area contributed by atoms with E-state index in [4.69, 9.17) is 0 Å². The lowest BCUT2D eigenvalue weighted by atomic mass is 10.2. The van der Waals surface area contributed by atoms with Crippen molar-refractivity contribution in [2.75, 3.05) is 18.4 Å². The largest absolute Gasteiger partial charge is 0.352 e. The maximum atomic E-state index is 13.8. The summed E-state index contributed by atoms with van der Waals surface area (Å²) in [4.78, 5) is 46.9. The van der Waals surface area contributed by atoms with Crippen molar-refractivity contribution in [3.8, 4) is 0 Å². The zero-order valence-electron chi connectivity index (χ0n) is 13.2. The number of carbonyl (C=O) groups excluding carboxylic acids is 4. The molecule has 0 atom stereocenters. The van der Waals surface area contributed by atoms with Crippen molar-refractivity contribution < 1.29 is 23.6 Å². The van der Waals surface area contributed by atoms with Crippen LogP contribution in [0, 0.1) is 5.82 Å². The molecule has 1 aliphatic rings. The summed E-state index contributed by atoms with van der Waals surface area (Å²) in [6, 6.07) is 3.75. The number of likely N-dealkylation sites (tertiary alicyclic amines) is 1. The number of amides is 4. The highest BCUT2D eigenvalue weighted by Crippen LogP contribution is 2.16. The quantitative estimate of drug-likeness (QED) is 0.600. The zero-order chi connectivity index (χ0) is 17.7. The lowest BCUT2D eigenvalue weighted by molar-refractivity contribution is -0.138. The van der Waals surface area contributed by atoms with Crippen LogP contribution in [0.5, 0.6) is 0 Å². The van der Waals surface area contributed by atoms with E-state index in [9.17, 15) is 23.6 Å². The van der Waals surface area contributed by atoms with Gasteiger partial charge < -0.3 is 10.6 Å².